The summed E-state index contributed by atoms with van der Waals surface area (Å²) < 4.78 is 0. The minimum absolute atomic E-state index is 0.0494. The van der Waals surface area contributed by atoms with Crippen LogP contribution in [0.4, 0.5) is 0 Å². The van der Waals surface area contributed by atoms with Gasteiger partial charge in [-0.3, -0.25) is 9.59 Å². The molecule has 0 aliphatic heterocycles. The highest BCUT2D eigenvalue weighted by atomic mass is 16.1. The van der Waals surface area contributed by atoms with Crippen molar-refractivity contribution in [3.05, 3.63) is 11.6 Å². The second-order valence-electron chi connectivity index (χ2n) is 9.39. The van der Waals surface area contributed by atoms with Gasteiger partial charge in [0.15, 0.2) is 5.78 Å². The Morgan fingerprint density at radius 2 is 1.83 bits per heavy atom. The largest absolute Gasteiger partial charge is 0.299 e. The SMILES string of the molecule is C[C@H]1C[C@@H]2[C@H](CC[C@]3(C)C(=O)CC[C@@H]23)[C@]2(C)C1=CC(=O)C[C@@H]2C. The van der Waals surface area contributed by atoms with Gasteiger partial charge in [0.25, 0.3) is 0 Å². The number of fused-ring (bicyclic) bond motifs is 5. The van der Waals surface area contributed by atoms with Crippen LogP contribution in [-0.2, 0) is 9.59 Å². The molecule has 0 heterocycles. The summed E-state index contributed by atoms with van der Waals surface area (Å²) in [6, 6.07) is 0. The van der Waals surface area contributed by atoms with Gasteiger partial charge in [0.05, 0.1) is 0 Å². The van der Waals surface area contributed by atoms with Gasteiger partial charge in [0.2, 0.25) is 0 Å². The predicted molar refractivity (Wildman–Crippen MR) is 90.8 cm³/mol. The Kier molecular flexibility index (Phi) is 3.26. The molecule has 0 N–H and O–H groups in total. The van der Waals surface area contributed by atoms with E-state index in [0.29, 0.717) is 47.6 Å². The monoisotopic (exact) mass is 314 g/mol. The molecule has 4 rings (SSSR count). The predicted octanol–water partition coefficient (Wildman–Crippen LogP) is 4.58. The molecule has 4 aliphatic carbocycles. The minimum atomic E-state index is -0.0494. The van der Waals surface area contributed by atoms with Crippen LogP contribution in [0.5, 0.6) is 0 Å². The molecule has 4 aliphatic rings. The lowest BCUT2D eigenvalue weighted by Gasteiger charge is -2.60. The molecule has 0 aromatic heterocycles. The van der Waals surface area contributed by atoms with Crippen molar-refractivity contribution in [3.63, 3.8) is 0 Å². The average Bonchev–Trinajstić information content (AvgIpc) is 2.78. The van der Waals surface area contributed by atoms with Gasteiger partial charge in [0, 0.05) is 18.3 Å². The first-order valence-corrected chi connectivity index (χ1v) is 9.56. The maximum absolute atomic E-state index is 12.5. The van der Waals surface area contributed by atoms with Crippen molar-refractivity contribution in [1.82, 2.24) is 0 Å². The molecule has 2 nitrogen and oxygen atoms in total. The highest BCUT2D eigenvalue weighted by Gasteiger charge is 2.61. The normalized spacial score (nSPS) is 52.5. The fourth-order valence-electron chi connectivity index (χ4n) is 7.11. The van der Waals surface area contributed by atoms with E-state index in [4.69, 9.17) is 0 Å². The fraction of sp³-hybridized carbons (Fsp3) is 0.810. The number of carbonyl (C=O) groups is 2. The molecular formula is C21H30O2. The van der Waals surface area contributed by atoms with Crippen LogP contribution in [0.1, 0.15) is 66.2 Å². The van der Waals surface area contributed by atoms with Crippen LogP contribution in [0.15, 0.2) is 11.6 Å². The lowest BCUT2D eigenvalue weighted by atomic mass is 9.44. The quantitative estimate of drug-likeness (QED) is 0.656. The summed E-state index contributed by atoms with van der Waals surface area (Å²) in [6.07, 6.45) is 8.01. The van der Waals surface area contributed by atoms with Gasteiger partial charge >= 0.3 is 0 Å². The van der Waals surface area contributed by atoms with Crippen molar-refractivity contribution in [2.45, 2.75) is 66.2 Å². The Balaban J connectivity index is 1.78. The molecule has 0 radical (unpaired) electrons. The zero-order valence-corrected chi connectivity index (χ0v) is 15.0. The molecule has 0 aromatic carbocycles. The summed E-state index contributed by atoms with van der Waals surface area (Å²) in [5.41, 5.74) is 1.55. The van der Waals surface area contributed by atoms with Gasteiger partial charge in [0.1, 0.15) is 5.78 Å². The molecule has 126 valence electrons. The van der Waals surface area contributed by atoms with E-state index in [1.54, 1.807) is 0 Å². The van der Waals surface area contributed by atoms with Crippen LogP contribution in [0.3, 0.4) is 0 Å². The summed E-state index contributed by atoms with van der Waals surface area (Å²) in [5.74, 6) is 3.70. The van der Waals surface area contributed by atoms with Crippen molar-refractivity contribution in [2.75, 3.05) is 0 Å². The Morgan fingerprint density at radius 3 is 2.57 bits per heavy atom. The van der Waals surface area contributed by atoms with E-state index in [2.05, 4.69) is 27.7 Å². The zero-order chi connectivity index (χ0) is 16.6. The molecular weight excluding hydrogens is 284 g/mol. The Bertz CT molecular complexity index is 603. The lowest BCUT2D eigenvalue weighted by molar-refractivity contribution is -0.134. The molecule has 23 heavy (non-hydrogen) atoms. The van der Waals surface area contributed by atoms with Crippen LogP contribution in [0.25, 0.3) is 0 Å². The summed E-state index contributed by atoms with van der Waals surface area (Å²) in [5, 5.41) is 0. The van der Waals surface area contributed by atoms with Gasteiger partial charge in [-0.05, 0) is 66.8 Å². The van der Waals surface area contributed by atoms with Crippen molar-refractivity contribution < 1.29 is 9.59 Å². The van der Waals surface area contributed by atoms with Crippen LogP contribution >= 0.6 is 0 Å². The summed E-state index contributed by atoms with van der Waals surface area (Å²) in [4.78, 5) is 24.6. The van der Waals surface area contributed by atoms with Gasteiger partial charge in [-0.15, -0.1) is 0 Å². The maximum Gasteiger partial charge on any atom is 0.155 e. The highest BCUT2D eigenvalue weighted by Crippen LogP contribution is 2.66. The fourth-order valence-corrected chi connectivity index (χ4v) is 7.11. The Morgan fingerprint density at radius 1 is 1.09 bits per heavy atom. The third kappa shape index (κ3) is 1.87. The van der Waals surface area contributed by atoms with Crippen LogP contribution in [-0.4, -0.2) is 11.6 Å². The van der Waals surface area contributed by atoms with Gasteiger partial charge in [-0.25, -0.2) is 0 Å². The molecule has 3 saturated carbocycles. The molecule has 0 amide bonds. The van der Waals surface area contributed by atoms with Crippen molar-refractivity contribution in [2.24, 2.45) is 40.4 Å². The van der Waals surface area contributed by atoms with E-state index in [-0.39, 0.29) is 10.8 Å². The number of allylic oxidation sites excluding steroid dienone is 1. The first-order chi connectivity index (χ1) is 10.8. The van der Waals surface area contributed by atoms with E-state index in [1.165, 1.54) is 18.4 Å². The van der Waals surface area contributed by atoms with E-state index in [1.807, 2.05) is 6.08 Å². The Hall–Kier alpha value is -0.920. The number of hydrogen-bond donors (Lipinski definition) is 0. The number of Topliss-reactive ketones (excluding diaryl/α,β-unsaturated/α-hetero) is 1. The van der Waals surface area contributed by atoms with Crippen LogP contribution in [0.2, 0.25) is 0 Å². The summed E-state index contributed by atoms with van der Waals surface area (Å²) in [7, 11) is 0. The number of ketones is 2. The molecule has 0 unspecified atom stereocenters. The van der Waals surface area contributed by atoms with Crippen molar-refractivity contribution in [1.29, 1.82) is 0 Å². The maximum atomic E-state index is 12.5. The minimum Gasteiger partial charge on any atom is -0.299 e. The highest BCUT2D eigenvalue weighted by molar-refractivity contribution is 5.92. The molecule has 0 saturated heterocycles. The third-order valence-corrected chi connectivity index (χ3v) is 8.54. The van der Waals surface area contributed by atoms with E-state index < -0.39 is 0 Å². The summed E-state index contributed by atoms with van der Waals surface area (Å²) >= 11 is 0. The molecule has 3 fully saturated rings. The third-order valence-electron chi connectivity index (χ3n) is 8.54. The van der Waals surface area contributed by atoms with Gasteiger partial charge in [-0.1, -0.05) is 33.3 Å². The molecule has 2 heteroatoms. The second kappa shape index (κ2) is 4.80. The molecule has 7 atom stereocenters. The Labute approximate surface area is 140 Å². The van der Waals surface area contributed by atoms with Crippen LogP contribution < -0.4 is 0 Å². The number of hydrogen-bond acceptors (Lipinski definition) is 2. The molecule has 0 aromatic rings. The number of rotatable bonds is 0. The van der Waals surface area contributed by atoms with Gasteiger partial charge < -0.3 is 0 Å². The van der Waals surface area contributed by atoms with Gasteiger partial charge in [-0.2, -0.15) is 0 Å². The van der Waals surface area contributed by atoms with Crippen molar-refractivity contribution in [3.8, 4) is 0 Å². The molecule has 0 bridgehead atoms. The molecule has 0 spiro atoms. The first-order valence-electron chi connectivity index (χ1n) is 9.56. The summed E-state index contributed by atoms with van der Waals surface area (Å²) in [6.45, 7) is 9.28. The number of carbonyl (C=O) groups excluding carboxylic acids is 2. The van der Waals surface area contributed by atoms with E-state index >= 15 is 0 Å². The van der Waals surface area contributed by atoms with E-state index in [9.17, 15) is 9.59 Å². The smallest absolute Gasteiger partial charge is 0.155 e. The first kappa shape index (κ1) is 15.6. The average molecular weight is 314 g/mol. The van der Waals surface area contributed by atoms with E-state index in [0.717, 1.165) is 19.3 Å². The topological polar surface area (TPSA) is 34.1 Å². The lowest BCUT2D eigenvalue weighted by Crippen LogP contribution is -2.54. The van der Waals surface area contributed by atoms with Crippen molar-refractivity contribution >= 4 is 11.6 Å². The second-order valence-corrected chi connectivity index (χ2v) is 9.39. The standard InChI is InChI=1S/C21H30O2/c1-12-9-15-16-5-6-19(23)20(16,3)8-7-17(15)21(4)13(2)10-14(22)11-18(12)21/h11-13,15-17H,5-10H2,1-4H3/t12-,13-,15-,16-,17-,20-,21+/m0/s1. The zero-order valence-electron chi connectivity index (χ0n) is 15.0. The van der Waals surface area contributed by atoms with Crippen LogP contribution in [0, 0.1) is 40.4 Å².